The van der Waals surface area contributed by atoms with Gasteiger partial charge in [-0.05, 0) is 43.7 Å². The Morgan fingerprint density at radius 3 is 2.48 bits per heavy atom. The highest BCUT2D eigenvalue weighted by molar-refractivity contribution is 5.73. The van der Waals surface area contributed by atoms with Crippen molar-refractivity contribution in [2.45, 2.75) is 32.9 Å². The number of ether oxygens (including phenoxy) is 2. The van der Waals surface area contributed by atoms with E-state index < -0.39 is 0 Å². The van der Waals surface area contributed by atoms with Gasteiger partial charge in [-0.15, -0.1) is 0 Å². The first-order chi connectivity index (χ1) is 13.0. The molecule has 1 amide bonds. The number of anilines is 1. The van der Waals surface area contributed by atoms with Gasteiger partial charge in [0, 0.05) is 13.0 Å². The monoisotopic (exact) mass is 372 g/mol. The van der Waals surface area contributed by atoms with E-state index in [1.165, 1.54) is 13.0 Å². The van der Waals surface area contributed by atoms with Gasteiger partial charge in [-0.25, -0.2) is 4.39 Å². The van der Waals surface area contributed by atoms with Crippen LogP contribution in [0.25, 0.3) is 0 Å². The zero-order valence-electron chi connectivity index (χ0n) is 15.9. The number of halogens is 1. The van der Waals surface area contributed by atoms with E-state index in [2.05, 4.69) is 5.32 Å². The molecule has 0 spiro atoms. The molecule has 5 nitrogen and oxygen atoms in total. The van der Waals surface area contributed by atoms with Crippen molar-refractivity contribution in [3.05, 3.63) is 53.8 Å². The fourth-order valence-corrected chi connectivity index (χ4v) is 3.13. The average molecular weight is 372 g/mol. The summed E-state index contributed by atoms with van der Waals surface area (Å²) < 4.78 is 25.5. The molecule has 27 heavy (non-hydrogen) atoms. The van der Waals surface area contributed by atoms with E-state index in [9.17, 15) is 9.18 Å². The molecule has 3 rings (SSSR count). The molecule has 0 aromatic heterocycles. The van der Waals surface area contributed by atoms with Crippen molar-refractivity contribution < 1.29 is 18.7 Å². The van der Waals surface area contributed by atoms with E-state index in [4.69, 9.17) is 9.47 Å². The van der Waals surface area contributed by atoms with Crippen molar-refractivity contribution >= 4 is 11.6 Å². The quantitative estimate of drug-likeness (QED) is 0.805. The van der Waals surface area contributed by atoms with Gasteiger partial charge in [0.05, 0.1) is 31.4 Å². The molecule has 0 aliphatic carbocycles. The lowest BCUT2D eigenvalue weighted by molar-refractivity contribution is -0.119. The molecular formula is C21H25FN2O3. The third-order valence-corrected chi connectivity index (χ3v) is 4.52. The maximum Gasteiger partial charge on any atom is 0.217 e. The van der Waals surface area contributed by atoms with Crippen molar-refractivity contribution in [1.29, 1.82) is 0 Å². The molecule has 0 bridgehead atoms. The van der Waals surface area contributed by atoms with E-state index in [1.54, 1.807) is 12.1 Å². The zero-order chi connectivity index (χ0) is 19.4. The summed E-state index contributed by atoms with van der Waals surface area (Å²) in [7, 11) is 0. The Kier molecular flexibility index (Phi) is 5.84. The molecule has 1 N–H and O–H groups in total. The molecule has 6 heteroatoms. The van der Waals surface area contributed by atoms with Crippen LogP contribution < -0.4 is 19.7 Å². The molecule has 0 saturated carbocycles. The third-order valence-electron chi connectivity index (χ3n) is 4.52. The number of hydrogen-bond donors (Lipinski definition) is 1. The number of carbonyl (C=O) groups excluding carboxylic acids is 1. The molecule has 0 radical (unpaired) electrons. The molecule has 1 fully saturated rings. The first kappa shape index (κ1) is 19.0. The van der Waals surface area contributed by atoms with Gasteiger partial charge < -0.3 is 19.7 Å². The van der Waals surface area contributed by atoms with Crippen LogP contribution in [0.2, 0.25) is 0 Å². The number of benzene rings is 2. The van der Waals surface area contributed by atoms with Gasteiger partial charge in [0.15, 0.2) is 0 Å². The first-order valence-electron chi connectivity index (χ1n) is 9.17. The van der Waals surface area contributed by atoms with Crippen LogP contribution in [0.5, 0.6) is 11.5 Å². The maximum absolute atomic E-state index is 14.2. The number of carbonyl (C=O) groups is 1. The van der Waals surface area contributed by atoms with Gasteiger partial charge in [0.2, 0.25) is 5.91 Å². The predicted molar refractivity (Wildman–Crippen MR) is 103 cm³/mol. The summed E-state index contributed by atoms with van der Waals surface area (Å²) in [6.45, 7) is 7.09. The van der Waals surface area contributed by atoms with Crippen LogP contribution in [0.1, 0.15) is 32.4 Å². The summed E-state index contributed by atoms with van der Waals surface area (Å²) in [5, 5.41) is 2.85. The number of hydrogen-bond acceptors (Lipinski definition) is 4. The normalized spacial score (nSPS) is 15.0. The Morgan fingerprint density at radius 1 is 1.22 bits per heavy atom. The van der Waals surface area contributed by atoms with E-state index in [0.29, 0.717) is 31.1 Å². The van der Waals surface area contributed by atoms with E-state index >= 15 is 0 Å². The van der Waals surface area contributed by atoms with Gasteiger partial charge in [-0.2, -0.15) is 0 Å². The highest BCUT2D eigenvalue weighted by atomic mass is 19.1. The topological polar surface area (TPSA) is 50.8 Å². The highest BCUT2D eigenvalue weighted by Crippen LogP contribution is 2.29. The minimum absolute atomic E-state index is 0.0228. The van der Waals surface area contributed by atoms with Crippen LogP contribution in [-0.2, 0) is 4.79 Å². The summed E-state index contributed by atoms with van der Waals surface area (Å²) in [6, 6.07) is 12.6. The van der Waals surface area contributed by atoms with E-state index in [0.717, 1.165) is 11.3 Å². The Labute approximate surface area is 159 Å². The molecule has 2 aromatic carbocycles. The fourth-order valence-electron chi connectivity index (χ4n) is 3.13. The Bertz CT molecular complexity index is 789. The third kappa shape index (κ3) is 4.70. The molecule has 1 aliphatic heterocycles. The van der Waals surface area contributed by atoms with Crippen molar-refractivity contribution in [3.8, 4) is 11.5 Å². The van der Waals surface area contributed by atoms with Crippen molar-refractivity contribution in [2.75, 3.05) is 24.6 Å². The molecule has 1 saturated heterocycles. The van der Waals surface area contributed by atoms with Gasteiger partial charge in [-0.1, -0.05) is 12.1 Å². The van der Waals surface area contributed by atoms with Crippen LogP contribution in [0.3, 0.4) is 0 Å². The molecule has 1 heterocycles. The molecular weight excluding hydrogens is 347 g/mol. The maximum atomic E-state index is 14.2. The lowest BCUT2D eigenvalue weighted by atomic mass is 10.1. The predicted octanol–water partition coefficient (Wildman–Crippen LogP) is 3.69. The lowest BCUT2D eigenvalue weighted by Gasteiger charge is -2.40. The molecule has 1 atom stereocenters. The summed E-state index contributed by atoms with van der Waals surface area (Å²) in [4.78, 5) is 13.1. The van der Waals surface area contributed by atoms with Crippen LogP contribution in [0.15, 0.2) is 42.5 Å². The van der Waals surface area contributed by atoms with Crippen molar-refractivity contribution in [2.24, 2.45) is 0 Å². The summed E-state index contributed by atoms with van der Waals surface area (Å²) in [6.07, 6.45) is 0.0228. The van der Waals surface area contributed by atoms with Gasteiger partial charge in [0.25, 0.3) is 0 Å². The van der Waals surface area contributed by atoms with Crippen LogP contribution >= 0.6 is 0 Å². The van der Waals surface area contributed by atoms with Gasteiger partial charge in [-0.3, -0.25) is 4.79 Å². The average Bonchev–Trinajstić information content (AvgIpc) is 2.59. The first-order valence-corrected chi connectivity index (χ1v) is 9.17. The molecule has 1 aliphatic rings. The molecule has 2 aromatic rings. The minimum atomic E-state index is -0.282. The summed E-state index contributed by atoms with van der Waals surface area (Å²) >= 11 is 0. The Balaban J connectivity index is 1.52. The number of nitrogens with one attached hydrogen (secondary N) is 1. The zero-order valence-corrected chi connectivity index (χ0v) is 15.9. The SMILES string of the molecule is CCOc1ccc(N2CC(Oc3ccc([C@H](C)NC(C)=O)cc3)C2)c(F)c1. The van der Waals surface area contributed by atoms with E-state index in [-0.39, 0.29) is 23.9 Å². The van der Waals surface area contributed by atoms with Gasteiger partial charge >= 0.3 is 0 Å². The number of amides is 1. The Hall–Kier alpha value is -2.76. The number of nitrogens with zero attached hydrogens (tertiary/aromatic N) is 1. The van der Waals surface area contributed by atoms with Crippen LogP contribution in [0, 0.1) is 5.82 Å². The van der Waals surface area contributed by atoms with Crippen LogP contribution in [-0.4, -0.2) is 31.7 Å². The second-order valence-electron chi connectivity index (χ2n) is 6.68. The summed E-state index contributed by atoms with van der Waals surface area (Å²) in [5.74, 6) is 0.973. The molecule has 0 unspecified atom stereocenters. The second kappa shape index (κ2) is 8.29. The highest BCUT2D eigenvalue weighted by Gasteiger charge is 2.30. The fraction of sp³-hybridized carbons (Fsp3) is 0.381. The summed E-state index contributed by atoms with van der Waals surface area (Å²) in [5.41, 5.74) is 1.59. The standard InChI is InChI=1S/C21H25FN2O3/c1-4-26-18-9-10-21(20(22)11-18)24-12-19(13-24)27-17-7-5-16(6-8-17)14(2)23-15(3)25/h5-11,14,19H,4,12-13H2,1-3H3,(H,23,25)/t14-/m0/s1. The Morgan fingerprint density at radius 2 is 1.89 bits per heavy atom. The van der Waals surface area contributed by atoms with Crippen molar-refractivity contribution in [1.82, 2.24) is 5.32 Å². The largest absolute Gasteiger partial charge is 0.494 e. The van der Waals surface area contributed by atoms with Gasteiger partial charge in [0.1, 0.15) is 23.4 Å². The second-order valence-corrected chi connectivity index (χ2v) is 6.68. The van der Waals surface area contributed by atoms with Crippen LogP contribution in [0.4, 0.5) is 10.1 Å². The molecule has 144 valence electrons. The van der Waals surface area contributed by atoms with E-state index in [1.807, 2.05) is 43.0 Å². The smallest absolute Gasteiger partial charge is 0.217 e. The number of rotatable bonds is 7. The lowest BCUT2D eigenvalue weighted by Crippen LogP contribution is -2.54. The minimum Gasteiger partial charge on any atom is -0.494 e. The van der Waals surface area contributed by atoms with Crippen molar-refractivity contribution in [3.63, 3.8) is 0 Å².